The minimum Gasteiger partial charge on any atom is -0.327 e. The van der Waals surface area contributed by atoms with Crippen molar-refractivity contribution in [3.8, 4) is 0 Å². The molecular weight excluding hydrogens is 239 g/mol. The molecule has 0 radical (unpaired) electrons. The number of para-hydroxylation sites is 1. The van der Waals surface area contributed by atoms with Gasteiger partial charge in [-0.25, -0.2) is 4.39 Å². The zero-order valence-corrected chi connectivity index (χ0v) is 11.8. The summed E-state index contributed by atoms with van der Waals surface area (Å²) < 4.78 is 15.1. The van der Waals surface area contributed by atoms with E-state index >= 15 is 4.39 Å². The molecule has 0 bridgehead atoms. The van der Waals surface area contributed by atoms with Crippen LogP contribution in [-0.2, 0) is 6.42 Å². The summed E-state index contributed by atoms with van der Waals surface area (Å²) in [5.41, 5.74) is 5.64. The topological polar surface area (TPSA) is 38.9 Å². The van der Waals surface area contributed by atoms with E-state index in [1.807, 2.05) is 51.1 Å². The highest BCUT2D eigenvalue weighted by atomic mass is 19.1. The Balaban J connectivity index is 2.46. The van der Waals surface area contributed by atoms with Crippen LogP contribution >= 0.6 is 0 Å². The summed E-state index contributed by atoms with van der Waals surface area (Å²) in [4.78, 5) is 4.31. The molecule has 0 saturated heterocycles. The molecule has 102 valence electrons. The number of hydrogen-bond acceptors (Lipinski definition) is 2. The molecule has 2 nitrogen and oxygen atoms in total. The molecule has 1 aromatic heterocycles. The van der Waals surface area contributed by atoms with Crippen LogP contribution in [0.4, 0.5) is 4.39 Å². The second-order valence-corrected chi connectivity index (χ2v) is 6.08. The number of nitrogens with two attached hydrogens (primary N) is 1. The van der Waals surface area contributed by atoms with Gasteiger partial charge in [-0.15, -0.1) is 0 Å². The lowest BCUT2D eigenvalue weighted by molar-refractivity contribution is 0.0385. The van der Waals surface area contributed by atoms with Gasteiger partial charge in [0.25, 0.3) is 0 Å². The molecule has 2 aromatic rings. The maximum atomic E-state index is 15.1. The first-order valence-electron chi connectivity index (χ1n) is 6.59. The fourth-order valence-electron chi connectivity index (χ4n) is 2.25. The summed E-state index contributed by atoms with van der Waals surface area (Å²) >= 11 is 0. The monoisotopic (exact) mass is 260 g/mol. The Morgan fingerprint density at radius 1 is 1.16 bits per heavy atom. The van der Waals surface area contributed by atoms with Gasteiger partial charge in [-0.05, 0) is 23.1 Å². The summed E-state index contributed by atoms with van der Waals surface area (Å²) in [6, 6.07) is 9.70. The highest BCUT2D eigenvalue weighted by Crippen LogP contribution is 2.37. The lowest BCUT2D eigenvalue weighted by Crippen LogP contribution is -2.47. The van der Waals surface area contributed by atoms with Gasteiger partial charge in [-0.3, -0.25) is 4.98 Å². The van der Waals surface area contributed by atoms with Gasteiger partial charge in [-0.1, -0.05) is 39.0 Å². The third kappa shape index (κ3) is 2.61. The molecule has 0 aliphatic heterocycles. The van der Waals surface area contributed by atoms with Crippen LogP contribution in [0.15, 0.2) is 36.5 Å². The average Bonchev–Trinajstić information content (AvgIpc) is 2.38. The summed E-state index contributed by atoms with van der Waals surface area (Å²) in [7, 11) is 0. The number of pyridine rings is 1. The summed E-state index contributed by atoms with van der Waals surface area (Å²) in [6.07, 6.45) is 2.05. The van der Waals surface area contributed by atoms with Gasteiger partial charge in [0.2, 0.25) is 0 Å². The minimum absolute atomic E-state index is 0.0210. The molecular formula is C16H21FN2. The Morgan fingerprint density at radius 2 is 1.84 bits per heavy atom. The maximum absolute atomic E-state index is 15.1. The van der Waals surface area contributed by atoms with Crippen molar-refractivity contribution in [2.24, 2.45) is 11.1 Å². The molecule has 1 heterocycles. The van der Waals surface area contributed by atoms with Crippen LogP contribution in [0.5, 0.6) is 0 Å². The lowest BCUT2D eigenvalue weighted by atomic mass is 9.74. The molecule has 0 saturated carbocycles. The van der Waals surface area contributed by atoms with Crippen molar-refractivity contribution < 1.29 is 4.39 Å². The Hall–Kier alpha value is -1.48. The van der Waals surface area contributed by atoms with Crippen molar-refractivity contribution in [3.63, 3.8) is 0 Å². The third-order valence-electron chi connectivity index (χ3n) is 3.88. The van der Waals surface area contributed by atoms with Crippen LogP contribution < -0.4 is 5.73 Å². The predicted octanol–water partition coefficient (Wildman–Crippen LogP) is 3.49. The van der Waals surface area contributed by atoms with Gasteiger partial charge in [0.15, 0.2) is 0 Å². The van der Waals surface area contributed by atoms with Crippen molar-refractivity contribution in [2.75, 3.05) is 6.54 Å². The smallest absolute Gasteiger partial charge is 0.132 e. The van der Waals surface area contributed by atoms with Gasteiger partial charge >= 0.3 is 0 Å². The number of fused-ring (bicyclic) bond motifs is 1. The second-order valence-electron chi connectivity index (χ2n) is 6.08. The molecule has 2 N–H and O–H groups in total. The number of hydrogen-bond donors (Lipinski definition) is 1. The standard InChI is InChI=1S/C16H21FN2/c1-15(2,3)16(17,11-18)10-12-8-9-19-14-7-5-4-6-13(12)14/h4-9H,10-11,18H2,1-3H3. The average molecular weight is 260 g/mol. The van der Waals surface area contributed by atoms with Crippen molar-refractivity contribution in [1.29, 1.82) is 0 Å². The first-order chi connectivity index (χ1) is 8.87. The van der Waals surface area contributed by atoms with E-state index < -0.39 is 11.1 Å². The third-order valence-corrected chi connectivity index (χ3v) is 3.88. The molecule has 0 aliphatic carbocycles. The van der Waals surface area contributed by atoms with Gasteiger partial charge < -0.3 is 5.73 Å². The lowest BCUT2D eigenvalue weighted by Gasteiger charge is -2.37. The largest absolute Gasteiger partial charge is 0.327 e. The number of rotatable bonds is 3. The van der Waals surface area contributed by atoms with E-state index in [2.05, 4.69) is 4.98 Å². The van der Waals surface area contributed by atoms with E-state index in [1.165, 1.54) is 0 Å². The van der Waals surface area contributed by atoms with Crippen LogP contribution in [0.2, 0.25) is 0 Å². The van der Waals surface area contributed by atoms with Gasteiger partial charge in [0.1, 0.15) is 5.67 Å². The Labute approximate surface area is 113 Å². The first-order valence-corrected chi connectivity index (χ1v) is 6.59. The zero-order chi connectivity index (χ0) is 14.1. The zero-order valence-electron chi connectivity index (χ0n) is 11.8. The summed E-state index contributed by atoms with van der Waals surface area (Å²) in [5, 5.41) is 1.00. The van der Waals surface area contributed by atoms with Crippen molar-refractivity contribution in [2.45, 2.75) is 32.9 Å². The van der Waals surface area contributed by atoms with Crippen LogP contribution in [0.1, 0.15) is 26.3 Å². The van der Waals surface area contributed by atoms with Crippen molar-refractivity contribution in [1.82, 2.24) is 4.98 Å². The number of halogens is 1. The Kier molecular flexibility index (Phi) is 3.59. The van der Waals surface area contributed by atoms with Gasteiger partial charge in [-0.2, -0.15) is 0 Å². The maximum Gasteiger partial charge on any atom is 0.132 e. The minimum atomic E-state index is -1.42. The fourth-order valence-corrected chi connectivity index (χ4v) is 2.25. The molecule has 1 aromatic carbocycles. The van der Waals surface area contributed by atoms with Gasteiger partial charge in [0, 0.05) is 24.5 Å². The molecule has 0 aliphatic rings. The van der Waals surface area contributed by atoms with E-state index in [0.717, 1.165) is 16.5 Å². The molecule has 0 amide bonds. The normalized spacial score (nSPS) is 15.4. The number of nitrogens with zero attached hydrogens (tertiary/aromatic N) is 1. The van der Waals surface area contributed by atoms with E-state index in [1.54, 1.807) is 6.20 Å². The number of alkyl halides is 1. The molecule has 1 unspecified atom stereocenters. The van der Waals surface area contributed by atoms with E-state index in [-0.39, 0.29) is 6.54 Å². The highest BCUT2D eigenvalue weighted by molar-refractivity contribution is 5.81. The summed E-state index contributed by atoms with van der Waals surface area (Å²) in [5.74, 6) is 0. The van der Waals surface area contributed by atoms with Crippen molar-refractivity contribution in [3.05, 3.63) is 42.1 Å². The predicted molar refractivity (Wildman–Crippen MR) is 77.8 cm³/mol. The van der Waals surface area contributed by atoms with Gasteiger partial charge in [0.05, 0.1) is 5.52 Å². The summed E-state index contributed by atoms with van der Waals surface area (Å²) in [6.45, 7) is 5.70. The Bertz CT molecular complexity index is 569. The second kappa shape index (κ2) is 4.89. The van der Waals surface area contributed by atoms with Crippen LogP contribution in [-0.4, -0.2) is 17.2 Å². The molecule has 2 rings (SSSR count). The molecule has 19 heavy (non-hydrogen) atoms. The van der Waals surface area contributed by atoms with Crippen LogP contribution in [0.3, 0.4) is 0 Å². The highest BCUT2D eigenvalue weighted by Gasteiger charge is 2.41. The number of aromatic nitrogens is 1. The molecule has 0 fully saturated rings. The van der Waals surface area contributed by atoms with Crippen molar-refractivity contribution >= 4 is 10.9 Å². The Morgan fingerprint density at radius 3 is 2.47 bits per heavy atom. The molecule has 1 atom stereocenters. The fraction of sp³-hybridized carbons (Fsp3) is 0.438. The number of benzene rings is 1. The van der Waals surface area contributed by atoms with E-state index in [0.29, 0.717) is 6.42 Å². The SMILES string of the molecule is CC(C)(C)C(F)(CN)Cc1ccnc2ccccc12. The first kappa shape index (κ1) is 13.9. The van der Waals surface area contributed by atoms with E-state index in [9.17, 15) is 0 Å². The molecule has 3 heteroatoms. The molecule has 0 spiro atoms. The van der Waals surface area contributed by atoms with Crippen LogP contribution in [0.25, 0.3) is 10.9 Å². The van der Waals surface area contributed by atoms with E-state index in [4.69, 9.17) is 5.73 Å². The quantitative estimate of drug-likeness (QED) is 0.917. The van der Waals surface area contributed by atoms with Crippen LogP contribution in [0, 0.1) is 5.41 Å².